The number of nitrogens with one attached hydrogen (secondary N) is 3. The van der Waals surface area contributed by atoms with Crippen LogP contribution in [-0.2, 0) is 6.54 Å². The molecule has 1 aromatic heterocycles. The summed E-state index contributed by atoms with van der Waals surface area (Å²) in [6.45, 7) is 2.81. The second-order valence-electron chi connectivity index (χ2n) is 6.38. The standard InChI is InChI=1S/C21H18Cl2N4/c1-13-5-8-15(9-6-13)24-12-14-7-10-18-19(11-14)26-21(25-18)27-20-16(22)3-2-4-17(20)23/h2-11,24H,12H2,1H3,(H2,25,26,27). The largest absolute Gasteiger partial charge is 0.381 e. The summed E-state index contributed by atoms with van der Waals surface area (Å²) in [5.41, 5.74) is 5.97. The van der Waals surface area contributed by atoms with E-state index in [2.05, 4.69) is 63.9 Å². The van der Waals surface area contributed by atoms with Gasteiger partial charge in [0.05, 0.1) is 26.8 Å². The summed E-state index contributed by atoms with van der Waals surface area (Å²) in [6, 6.07) is 19.9. The molecule has 0 atom stereocenters. The van der Waals surface area contributed by atoms with Gasteiger partial charge in [-0.15, -0.1) is 0 Å². The van der Waals surface area contributed by atoms with Crippen LogP contribution in [0.1, 0.15) is 11.1 Å². The van der Waals surface area contributed by atoms with Crippen LogP contribution in [0, 0.1) is 6.92 Å². The van der Waals surface area contributed by atoms with Gasteiger partial charge in [-0.05, 0) is 48.9 Å². The van der Waals surface area contributed by atoms with Crippen LogP contribution in [-0.4, -0.2) is 9.97 Å². The third-order valence-electron chi connectivity index (χ3n) is 4.30. The molecule has 27 heavy (non-hydrogen) atoms. The molecule has 0 spiro atoms. The lowest BCUT2D eigenvalue weighted by Crippen LogP contribution is -1.99. The Balaban J connectivity index is 1.52. The number of rotatable bonds is 5. The first-order valence-electron chi connectivity index (χ1n) is 8.59. The summed E-state index contributed by atoms with van der Waals surface area (Å²) < 4.78 is 0. The third-order valence-corrected chi connectivity index (χ3v) is 4.93. The highest BCUT2D eigenvalue weighted by Crippen LogP contribution is 2.32. The molecule has 6 heteroatoms. The van der Waals surface area contributed by atoms with Crippen LogP contribution in [0.4, 0.5) is 17.3 Å². The summed E-state index contributed by atoms with van der Waals surface area (Å²) in [6.07, 6.45) is 0. The molecule has 3 aromatic carbocycles. The second kappa shape index (κ2) is 7.51. The Morgan fingerprint density at radius 2 is 1.70 bits per heavy atom. The molecule has 0 saturated heterocycles. The SMILES string of the molecule is Cc1ccc(NCc2ccc3nc(Nc4c(Cl)cccc4Cl)[nH]c3c2)cc1. The molecule has 0 fully saturated rings. The van der Waals surface area contributed by atoms with Crippen molar-refractivity contribution in [1.82, 2.24) is 9.97 Å². The molecular formula is C21H18Cl2N4. The molecule has 0 aliphatic carbocycles. The van der Waals surface area contributed by atoms with Crippen LogP contribution >= 0.6 is 23.2 Å². The lowest BCUT2D eigenvalue weighted by atomic mass is 10.2. The Bertz CT molecular complexity index is 1070. The van der Waals surface area contributed by atoms with Crippen LogP contribution in [0.15, 0.2) is 60.7 Å². The first-order chi connectivity index (χ1) is 13.1. The molecule has 4 aromatic rings. The van der Waals surface area contributed by atoms with Crippen LogP contribution in [0.5, 0.6) is 0 Å². The minimum atomic E-state index is 0.547. The van der Waals surface area contributed by atoms with Gasteiger partial charge in [0.25, 0.3) is 0 Å². The van der Waals surface area contributed by atoms with Gasteiger partial charge >= 0.3 is 0 Å². The topological polar surface area (TPSA) is 52.7 Å². The predicted octanol–water partition coefficient (Wildman–Crippen LogP) is 6.53. The molecule has 0 aliphatic heterocycles. The molecule has 4 rings (SSSR count). The van der Waals surface area contributed by atoms with E-state index in [9.17, 15) is 0 Å². The Hall–Kier alpha value is -2.69. The van der Waals surface area contributed by atoms with Gasteiger partial charge in [0.2, 0.25) is 5.95 Å². The maximum Gasteiger partial charge on any atom is 0.205 e. The summed E-state index contributed by atoms with van der Waals surface area (Å²) in [4.78, 5) is 7.83. The van der Waals surface area contributed by atoms with Crippen molar-refractivity contribution in [3.63, 3.8) is 0 Å². The smallest absolute Gasteiger partial charge is 0.205 e. The molecule has 1 heterocycles. The van der Waals surface area contributed by atoms with Crippen LogP contribution in [0.2, 0.25) is 10.0 Å². The van der Waals surface area contributed by atoms with E-state index in [1.165, 1.54) is 5.56 Å². The molecule has 0 aliphatic rings. The number of anilines is 3. The Morgan fingerprint density at radius 1 is 0.963 bits per heavy atom. The van der Waals surface area contributed by atoms with Gasteiger partial charge in [0, 0.05) is 12.2 Å². The number of aryl methyl sites for hydroxylation is 1. The molecule has 0 radical (unpaired) electrons. The van der Waals surface area contributed by atoms with Crippen LogP contribution in [0.3, 0.4) is 0 Å². The van der Waals surface area contributed by atoms with Crippen LogP contribution < -0.4 is 10.6 Å². The third kappa shape index (κ3) is 4.02. The number of H-pyrrole nitrogens is 1. The molecular weight excluding hydrogens is 379 g/mol. The first-order valence-corrected chi connectivity index (χ1v) is 9.34. The Kier molecular flexibility index (Phi) is 4.92. The minimum Gasteiger partial charge on any atom is -0.381 e. The highest BCUT2D eigenvalue weighted by molar-refractivity contribution is 6.39. The van der Waals surface area contributed by atoms with Crippen molar-refractivity contribution in [2.75, 3.05) is 10.6 Å². The lowest BCUT2D eigenvalue weighted by Gasteiger charge is -2.07. The van der Waals surface area contributed by atoms with Gasteiger partial charge in [0.1, 0.15) is 0 Å². The van der Waals surface area contributed by atoms with Gasteiger partial charge < -0.3 is 15.6 Å². The number of benzene rings is 3. The number of fused-ring (bicyclic) bond motifs is 1. The van der Waals surface area contributed by atoms with E-state index in [1.807, 2.05) is 12.1 Å². The number of hydrogen-bond acceptors (Lipinski definition) is 3. The zero-order chi connectivity index (χ0) is 18.8. The number of para-hydroxylation sites is 1. The van der Waals surface area contributed by atoms with E-state index in [0.29, 0.717) is 21.7 Å². The molecule has 0 bridgehead atoms. The zero-order valence-corrected chi connectivity index (χ0v) is 16.2. The second-order valence-corrected chi connectivity index (χ2v) is 7.19. The van der Waals surface area contributed by atoms with E-state index in [-0.39, 0.29) is 0 Å². The van der Waals surface area contributed by atoms with Crippen LogP contribution in [0.25, 0.3) is 11.0 Å². The van der Waals surface area contributed by atoms with Crippen molar-refractivity contribution in [2.24, 2.45) is 0 Å². The Morgan fingerprint density at radius 3 is 2.44 bits per heavy atom. The van der Waals surface area contributed by atoms with Gasteiger partial charge in [-0.1, -0.05) is 53.0 Å². The van der Waals surface area contributed by atoms with E-state index in [4.69, 9.17) is 23.2 Å². The van der Waals surface area contributed by atoms with Gasteiger partial charge in [0.15, 0.2) is 0 Å². The first kappa shape index (κ1) is 17.7. The number of halogens is 2. The fourth-order valence-electron chi connectivity index (χ4n) is 2.84. The monoisotopic (exact) mass is 396 g/mol. The summed E-state index contributed by atoms with van der Waals surface area (Å²) in [5, 5.41) is 7.69. The Labute approximate surface area is 167 Å². The highest BCUT2D eigenvalue weighted by atomic mass is 35.5. The maximum absolute atomic E-state index is 6.22. The van der Waals surface area contributed by atoms with Crippen molar-refractivity contribution in [1.29, 1.82) is 0 Å². The average molecular weight is 397 g/mol. The van der Waals surface area contributed by atoms with Crippen molar-refractivity contribution in [3.8, 4) is 0 Å². The van der Waals surface area contributed by atoms with Gasteiger partial charge in [-0.2, -0.15) is 0 Å². The summed E-state index contributed by atoms with van der Waals surface area (Å²) in [7, 11) is 0. The number of imidazole rings is 1. The normalized spacial score (nSPS) is 10.9. The summed E-state index contributed by atoms with van der Waals surface area (Å²) >= 11 is 12.4. The van der Waals surface area contributed by atoms with Crippen molar-refractivity contribution >= 4 is 51.6 Å². The van der Waals surface area contributed by atoms with E-state index < -0.39 is 0 Å². The molecule has 0 unspecified atom stereocenters. The van der Waals surface area contributed by atoms with E-state index in [1.54, 1.807) is 12.1 Å². The molecule has 0 saturated carbocycles. The fourth-order valence-corrected chi connectivity index (χ4v) is 3.33. The highest BCUT2D eigenvalue weighted by Gasteiger charge is 2.09. The van der Waals surface area contributed by atoms with Crippen molar-refractivity contribution in [2.45, 2.75) is 13.5 Å². The number of nitrogens with zero attached hydrogens (tertiary/aromatic N) is 1. The average Bonchev–Trinajstić information content (AvgIpc) is 3.06. The molecule has 0 amide bonds. The van der Waals surface area contributed by atoms with Gasteiger partial charge in [-0.3, -0.25) is 0 Å². The molecule has 4 nitrogen and oxygen atoms in total. The van der Waals surface area contributed by atoms with E-state index >= 15 is 0 Å². The molecule has 136 valence electrons. The van der Waals surface area contributed by atoms with E-state index in [0.717, 1.165) is 28.8 Å². The predicted molar refractivity (Wildman–Crippen MR) is 114 cm³/mol. The number of hydrogen-bond donors (Lipinski definition) is 3. The lowest BCUT2D eigenvalue weighted by molar-refractivity contribution is 1.15. The number of aromatic amines is 1. The number of aromatic nitrogens is 2. The molecule has 3 N–H and O–H groups in total. The van der Waals surface area contributed by atoms with Crippen molar-refractivity contribution < 1.29 is 0 Å². The fraction of sp³-hybridized carbons (Fsp3) is 0.0952. The van der Waals surface area contributed by atoms with Gasteiger partial charge in [-0.25, -0.2) is 4.98 Å². The zero-order valence-electron chi connectivity index (χ0n) is 14.7. The van der Waals surface area contributed by atoms with Crippen molar-refractivity contribution in [3.05, 3.63) is 81.8 Å². The maximum atomic E-state index is 6.22. The minimum absolute atomic E-state index is 0.547. The summed E-state index contributed by atoms with van der Waals surface area (Å²) in [5.74, 6) is 0.601. The quantitative estimate of drug-likeness (QED) is 0.359.